The smallest absolute Gasteiger partial charge is 0.232 e. The van der Waals surface area contributed by atoms with Crippen LogP contribution in [0.4, 0.5) is 5.13 Å². The number of carbonyl (C=O) groups is 1. The van der Waals surface area contributed by atoms with E-state index in [9.17, 15) is 13.2 Å². The van der Waals surface area contributed by atoms with Crippen LogP contribution in [0.3, 0.4) is 0 Å². The van der Waals surface area contributed by atoms with Gasteiger partial charge in [-0.05, 0) is 19.1 Å². The van der Waals surface area contributed by atoms with E-state index in [0.717, 1.165) is 10.6 Å². The molecule has 3 rings (SSSR count). The van der Waals surface area contributed by atoms with Crippen molar-refractivity contribution in [2.45, 2.75) is 13.3 Å². The molecule has 22 heavy (non-hydrogen) atoms. The lowest BCUT2D eigenvalue weighted by molar-refractivity contribution is -0.117. The molecular formula is C13H13ClN2O3S3. The summed E-state index contributed by atoms with van der Waals surface area (Å²) in [4.78, 5) is 20.4. The molecule has 1 aliphatic heterocycles. The van der Waals surface area contributed by atoms with Crippen molar-refractivity contribution in [3.8, 4) is 10.6 Å². The third kappa shape index (κ3) is 3.51. The predicted octanol–water partition coefficient (Wildman–Crippen LogP) is 3.10. The van der Waals surface area contributed by atoms with Crippen LogP contribution in [-0.2, 0) is 13.8 Å². The molecule has 0 aliphatic carbocycles. The molecule has 0 bridgehead atoms. The fraction of sp³-hybridized carbons (Fsp3) is 0.385. The van der Waals surface area contributed by atoms with Crippen LogP contribution in [0.15, 0.2) is 17.5 Å². The second kappa shape index (κ2) is 5.92. The number of amides is 1. The van der Waals surface area contributed by atoms with Crippen molar-refractivity contribution in [3.05, 3.63) is 22.4 Å². The van der Waals surface area contributed by atoms with Gasteiger partial charge in [0.05, 0.1) is 16.3 Å². The van der Waals surface area contributed by atoms with E-state index in [1.807, 2.05) is 24.4 Å². The molecule has 1 amide bonds. The van der Waals surface area contributed by atoms with Gasteiger partial charge in [-0.25, -0.2) is 13.4 Å². The molecule has 118 valence electrons. The molecule has 1 saturated heterocycles. The van der Waals surface area contributed by atoms with E-state index < -0.39 is 9.05 Å². The maximum absolute atomic E-state index is 12.1. The second-order valence-electron chi connectivity index (χ2n) is 5.21. The molecule has 1 unspecified atom stereocenters. The van der Waals surface area contributed by atoms with E-state index in [4.69, 9.17) is 10.7 Å². The van der Waals surface area contributed by atoms with Gasteiger partial charge in [-0.2, -0.15) is 0 Å². The Labute approximate surface area is 141 Å². The zero-order valence-corrected chi connectivity index (χ0v) is 14.9. The topological polar surface area (TPSA) is 67.3 Å². The largest absolute Gasteiger partial charge is 0.288 e. The number of aryl methyl sites for hydroxylation is 1. The van der Waals surface area contributed by atoms with Gasteiger partial charge in [-0.1, -0.05) is 0 Å². The summed E-state index contributed by atoms with van der Waals surface area (Å²) in [5.74, 6) is -0.556. The van der Waals surface area contributed by atoms with Crippen molar-refractivity contribution in [1.82, 2.24) is 4.98 Å². The van der Waals surface area contributed by atoms with Crippen molar-refractivity contribution >= 4 is 53.4 Å². The lowest BCUT2D eigenvalue weighted by atomic mass is 10.1. The molecule has 2 aromatic rings. The summed E-state index contributed by atoms with van der Waals surface area (Å²) in [5.41, 5.74) is 0.847. The standard InChI is InChI=1S/C13H13ClN2O3S3/c1-8-2-3-11(21-8)10-6-20-13(15-10)16-5-9(4-12(16)17)7-22(14,18)19/h2-3,6,9H,4-5,7H2,1H3. The highest BCUT2D eigenvalue weighted by Crippen LogP contribution is 2.34. The maximum atomic E-state index is 12.1. The van der Waals surface area contributed by atoms with E-state index in [-0.39, 0.29) is 24.0 Å². The molecule has 0 aromatic carbocycles. The summed E-state index contributed by atoms with van der Waals surface area (Å²) in [7, 11) is 1.68. The number of hydrogen-bond acceptors (Lipinski definition) is 6. The van der Waals surface area contributed by atoms with Crippen LogP contribution in [-0.4, -0.2) is 31.6 Å². The van der Waals surface area contributed by atoms with Crippen LogP contribution in [0, 0.1) is 12.8 Å². The van der Waals surface area contributed by atoms with Gasteiger partial charge in [0.25, 0.3) is 0 Å². The fourth-order valence-corrected chi connectivity index (χ4v) is 5.51. The van der Waals surface area contributed by atoms with Crippen LogP contribution in [0.5, 0.6) is 0 Å². The zero-order valence-electron chi connectivity index (χ0n) is 11.7. The summed E-state index contributed by atoms with van der Waals surface area (Å²) >= 11 is 3.04. The third-order valence-electron chi connectivity index (χ3n) is 3.36. The first kappa shape index (κ1) is 15.9. The summed E-state index contributed by atoms with van der Waals surface area (Å²) < 4.78 is 22.3. The van der Waals surface area contributed by atoms with E-state index in [0.29, 0.717) is 11.7 Å². The average Bonchev–Trinajstić information content (AvgIpc) is 3.07. The number of hydrogen-bond donors (Lipinski definition) is 0. The molecule has 1 aliphatic rings. The summed E-state index contributed by atoms with van der Waals surface area (Å²) in [6.07, 6.45) is 0.193. The molecule has 0 radical (unpaired) electrons. The number of nitrogens with zero attached hydrogens (tertiary/aromatic N) is 2. The molecule has 0 spiro atoms. The van der Waals surface area contributed by atoms with Gasteiger partial charge in [0, 0.05) is 39.8 Å². The Bertz CT molecular complexity index is 812. The molecule has 0 saturated carbocycles. The SMILES string of the molecule is Cc1ccc(-c2csc(N3CC(CS(=O)(=O)Cl)CC3=O)n2)s1. The number of rotatable bonds is 4. The van der Waals surface area contributed by atoms with E-state index >= 15 is 0 Å². The summed E-state index contributed by atoms with van der Waals surface area (Å²) in [6.45, 7) is 2.38. The van der Waals surface area contributed by atoms with Gasteiger partial charge in [-0.3, -0.25) is 9.69 Å². The molecule has 5 nitrogen and oxygen atoms in total. The number of halogens is 1. The Morgan fingerprint density at radius 1 is 1.45 bits per heavy atom. The highest BCUT2D eigenvalue weighted by molar-refractivity contribution is 8.13. The normalized spacial score (nSPS) is 19.1. The Balaban J connectivity index is 1.77. The van der Waals surface area contributed by atoms with Gasteiger partial charge in [-0.15, -0.1) is 22.7 Å². The Hall–Kier alpha value is -0.960. The monoisotopic (exact) mass is 376 g/mol. The number of aromatic nitrogens is 1. The first-order valence-corrected chi connectivity index (χ1v) is 10.7. The van der Waals surface area contributed by atoms with Gasteiger partial charge >= 0.3 is 0 Å². The highest BCUT2D eigenvalue weighted by atomic mass is 35.7. The lowest BCUT2D eigenvalue weighted by Crippen LogP contribution is -2.25. The highest BCUT2D eigenvalue weighted by Gasteiger charge is 2.34. The molecule has 0 N–H and O–H groups in total. The molecule has 2 aromatic heterocycles. The van der Waals surface area contributed by atoms with Crippen molar-refractivity contribution in [1.29, 1.82) is 0 Å². The molecule has 9 heteroatoms. The predicted molar refractivity (Wildman–Crippen MR) is 90.3 cm³/mol. The van der Waals surface area contributed by atoms with Gasteiger partial charge in [0.15, 0.2) is 5.13 Å². The Morgan fingerprint density at radius 2 is 2.23 bits per heavy atom. The van der Waals surface area contributed by atoms with Crippen molar-refractivity contribution in [2.75, 3.05) is 17.2 Å². The minimum Gasteiger partial charge on any atom is -0.288 e. The molecule has 1 fully saturated rings. The van der Waals surface area contributed by atoms with E-state index in [2.05, 4.69) is 4.98 Å². The fourth-order valence-electron chi connectivity index (χ4n) is 2.43. The van der Waals surface area contributed by atoms with Gasteiger partial charge in [0.1, 0.15) is 0 Å². The second-order valence-corrected chi connectivity index (χ2v) is 10.2. The Kier molecular flexibility index (Phi) is 4.28. The number of anilines is 1. The third-order valence-corrected chi connectivity index (χ3v) is 6.49. The van der Waals surface area contributed by atoms with Crippen molar-refractivity contribution < 1.29 is 13.2 Å². The number of thiophene rings is 1. The van der Waals surface area contributed by atoms with E-state index in [1.54, 1.807) is 16.2 Å². The van der Waals surface area contributed by atoms with Crippen LogP contribution in [0.25, 0.3) is 10.6 Å². The lowest BCUT2D eigenvalue weighted by Gasteiger charge is -2.12. The molecule has 3 heterocycles. The van der Waals surface area contributed by atoms with Crippen LogP contribution >= 0.6 is 33.4 Å². The van der Waals surface area contributed by atoms with Gasteiger partial charge in [0.2, 0.25) is 15.0 Å². The van der Waals surface area contributed by atoms with Crippen molar-refractivity contribution in [2.24, 2.45) is 5.92 Å². The van der Waals surface area contributed by atoms with E-state index in [1.165, 1.54) is 16.2 Å². The maximum Gasteiger partial charge on any atom is 0.232 e. The Morgan fingerprint density at radius 3 is 2.86 bits per heavy atom. The molecular weight excluding hydrogens is 364 g/mol. The summed E-state index contributed by atoms with van der Waals surface area (Å²) in [5, 5.41) is 2.53. The van der Waals surface area contributed by atoms with Gasteiger partial charge < -0.3 is 0 Å². The zero-order chi connectivity index (χ0) is 15.9. The first-order chi connectivity index (χ1) is 10.3. The average molecular weight is 377 g/mol. The van der Waals surface area contributed by atoms with Crippen LogP contribution in [0.2, 0.25) is 0 Å². The number of carbonyl (C=O) groups excluding carboxylic acids is 1. The summed E-state index contributed by atoms with van der Waals surface area (Å²) in [6, 6.07) is 4.04. The molecule has 1 atom stereocenters. The van der Waals surface area contributed by atoms with Crippen LogP contribution in [0.1, 0.15) is 11.3 Å². The number of thiazole rings is 1. The minimum absolute atomic E-state index is 0.103. The minimum atomic E-state index is -3.59. The quantitative estimate of drug-likeness (QED) is 0.769. The first-order valence-electron chi connectivity index (χ1n) is 6.57. The van der Waals surface area contributed by atoms with Crippen LogP contribution < -0.4 is 4.90 Å². The van der Waals surface area contributed by atoms with Crippen molar-refractivity contribution in [3.63, 3.8) is 0 Å².